The number of benzene rings is 2. The lowest BCUT2D eigenvalue weighted by Gasteiger charge is -2.20. The van der Waals surface area contributed by atoms with Crippen molar-refractivity contribution in [1.82, 2.24) is 15.2 Å². The quantitative estimate of drug-likeness (QED) is 0.439. The summed E-state index contributed by atoms with van der Waals surface area (Å²) >= 11 is 13.9. The van der Waals surface area contributed by atoms with Gasteiger partial charge in [0, 0.05) is 27.6 Å². The monoisotopic (exact) mass is 416 g/mol. The number of para-hydroxylation sites is 1. The lowest BCUT2D eigenvalue weighted by molar-refractivity contribution is 0.225. The van der Waals surface area contributed by atoms with Crippen LogP contribution in [0, 0.1) is 0 Å². The van der Waals surface area contributed by atoms with Gasteiger partial charge in [0.05, 0.1) is 5.02 Å². The third-order valence-corrected chi connectivity index (χ3v) is 5.30. The molecule has 0 radical (unpaired) electrons. The van der Waals surface area contributed by atoms with Gasteiger partial charge < -0.3 is 10.1 Å². The molecule has 1 atom stereocenters. The Morgan fingerprint density at radius 1 is 1.19 bits per heavy atom. The lowest BCUT2D eigenvalue weighted by Crippen LogP contribution is -2.17. The molecule has 8 heteroatoms. The molecule has 3 aromatic rings. The van der Waals surface area contributed by atoms with E-state index in [0.717, 1.165) is 16.8 Å². The van der Waals surface area contributed by atoms with Crippen LogP contribution in [-0.4, -0.2) is 20.9 Å². The molecule has 0 amide bonds. The van der Waals surface area contributed by atoms with Gasteiger partial charge in [0.15, 0.2) is 11.9 Å². The Bertz CT molecular complexity index is 1010. The Kier molecular flexibility index (Phi) is 5.20. The summed E-state index contributed by atoms with van der Waals surface area (Å²) < 4.78 is 6.18. The number of hydrogen-bond donors (Lipinski definition) is 1. The van der Waals surface area contributed by atoms with Crippen molar-refractivity contribution in [3.63, 3.8) is 0 Å². The summed E-state index contributed by atoms with van der Waals surface area (Å²) in [6.45, 7) is 3.71. The molecule has 0 unspecified atom stereocenters. The smallest absolute Gasteiger partial charge is 0.247 e. The van der Waals surface area contributed by atoms with E-state index >= 15 is 0 Å². The van der Waals surface area contributed by atoms with Gasteiger partial charge in [0.25, 0.3) is 0 Å². The Morgan fingerprint density at radius 3 is 2.85 bits per heavy atom. The normalized spacial score (nSPS) is 15.0. The van der Waals surface area contributed by atoms with E-state index in [0.29, 0.717) is 32.5 Å². The van der Waals surface area contributed by atoms with Crippen LogP contribution in [0.25, 0.3) is 11.3 Å². The number of rotatable bonds is 4. The van der Waals surface area contributed by atoms with Crippen LogP contribution in [0.3, 0.4) is 0 Å². The van der Waals surface area contributed by atoms with Crippen LogP contribution >= 0.6 is 35.0 Å². The zero-order valence-corrected chi connectivity index (χ0v) is 16.4. The van der Waals surface area contributed by atoms with E-state index in [-0.39, 0.29) is 0 Å². The summed E-state index contributed by atoms with van der Waals surface area (Å²) in [5.41, 5.74) is 3.05. The first kappa shape index (κ1) is 18.1. The topological polar surface area (TPSA) is 59.9 Å². The number of ether oxygens (including phenoxy) is 1. The van der Waals surface area contributed by atoms with Crippen molar-refractivity contribution in [2.75, 3.05) is 11.1 Å². The first-order valence-corrected chi connectivity index (χ1v) is 9.86. The zero-order valence-electron chi connectivity index (χ0n) is 14.0. The number of halogens is 2. The first-order valence-electron chi connectivity index (χ1n) is 8.11. The number of thioether (sulfide) groups is 1. The number of nitrogens with one attached hydrogen (secondary N) is 1. The molecule has 0 bridgehead atoms. The van der Waals surface area contributed by atoms with Crippen LogP contribution in [0.2, 0.25) is 10.0 Å². The molecular formula is C19H14Cl2N4OS. The molecule has 0 spiro atoms. The molecule has 4 rings (SSSR count). The van der Waals surface area contributed by atoms with E-state index < -0.39 is 6.23 Å². The second-order valence-corrected chi connectivity index (χ2v) is 7.53. The minimum absolute atomic E-state index is 0.394. The van der Waals surface area contributed by atoms with Crippen molar-refractivity contribution in [2.24, 2.45) is 0 Å². The van der Waals surface area contributed by atoms with Gasteiger partial charge in [-0.3, -0.25) is 0 Å². The van der Waals surface area contributed by atoms with Crippen LogP contribution in [-0.2, 0) is 0 Å². The van der Waals surface area contributed by atoms with Crippen LogP contribution in [0.1, 0.15) is 11.8 Å². The average Bonchev–Trinajstić information content (AvgIpc) is 2.82. The van der Waals surface area contributed by atoms with E-state index in [9.17, 15) is 0 Å². The Balaban J connectivity index is 1.82. The third-order valence-electron chi connectivity index (χ3n) is 3.91. The molecule has 0 saturated carbocycles. The second kappa shape index (κ2) is 7.76. The third kappa shape index (κ3) is 3.74. The second-order valence-electron chi connectivity index (χ2n) is 5.70. The first-order chi connectivity index (χ1) is 13.2. The molecule has 0 aliphatic carbocycles. The summed E-state index contributed by atoms with van der Waals surface area (Å²) in [6, 6.07) is 13.1. The van der Waals surface area contributed by atoms with E-state index in [2.05, 4.69) is 27.1 Å². The summed E-state index contributed by atoms with van der Waals surface area (Å²) in [5, 5.41) is 13.5. The van der Waals surface area contributed by atoms with Crippen molar-refractivity contribution in [3.8, 4) is 17.1 Å². The van der Waals surface area contributed by atoms with Crippen molar-refractivity contribution < 1.29 is 4.74 Å². The van der Waals surface area contributed by atoms with E-state index in [1.54, 1.807) is 18.2 Å². The predicted octanol–water partition coefficient (Wildman–Crippen LogP) is 5.63. The maximum absolute atomic E-state index is 6.40. The fourth-order valence-electron chi connectivity index (χ4n) is 2.70. The molecule has 0 saturated heterocycles. The SMILES string of the molecule is C=CCSc1nnc2c(n1)O[C@H](c1ccc(Cl)cc1Cl)Nc1ccccc1-2. The van der Waals surface area contributed by atoms with Crippen molar-refractivity contribution >= 4 is 40.7 Å². The van der Waals surface area contributed by atoms with Gasteiger partial charge >= 0.3 is 0 Å². The molecule has 2 aromatic carbocycles. The fourth-order valence-corrected chi connectivity index (χ4v) is 3.72. The van der Waals surface area contributed by atoms with E-state index in [1.807, 2.05) is 30.3 Å². The van der Waals surface area contributed by atoms with Gasteiger partial charge in [-0.1, -0.05) is 65.3 Å². The van der Waals surface area contributed by atoms with Gasteiger partial charge in [-0.05, 0) is 18.2 Å². The Labute approximate surface area is 170 Å². The highest BCUT2D eigenvalue weighted by Crippen LogP contribution is 2.40. The van der Waals surface area contributed by atoms with Crippen LogP contribution < -0.4 is 10.1 Å². The molecule has 1 aliphatic rings. The Hall–Kier alpha value is -2.28. The number of hydrogen-bond acceptors (Lipinski definition) is 6. The van der Waals surface area contributed by atoms with E-state index in [4.69, 9.17) is 27.9 Å². The maximum Gasteiger partial charge on any atom is 0.247 e. The Morgan fingerprint density at radius 2 is 2.04 bits per heavy atom. The van der Waals surface area contributed by atoms with Gasteiger partial charge in [-0.2, -0.15) is 4.98 Å². The molecule has 1 aliphatic heterocycles. The molecular weight excluding hydrogens is 403 g/mol. The maximum atomic E-state index is 6.40. The van der Waals surface area contributed by atoms with Gasteiger partial charge in [-0.15, -0.1) is 16.8 Å². The number of fused-ring (bicyclic) bond motifs is 3. The van der Waals surface area contributed by atoms with Crippen molar-refractivity contribution in [3.05, 3.63) is 70.7 Å². The van der Waals surface area contributed by atoms with Crippen LogP contribution in [0.4, 0.5) is 5.69 Å². The molecule has 2 heterocycles. The average molecular weight is 417 g/mol. The minimum atomic E-state index is -0.550. The molecule has 0 fully saturated rings. The van der Waals surface area contributed by atoms with E-state index in [1.165, 1.54) is 11.8 Å². The molecule has 5 nitrogen and oxygen atoms in total. The van der Waals surface area contributed by atoms with Crippen molar-refractivity contribution in [2.45, 2.75) is 11.4 Å². The number of aromatic nitrogens is 3. The summed E-state index contributed by atoms with van der Waals surface area (Å²) in [7, 11) is 0. The molecule has 136 valence electrons. The highest BCUT2D eigenvalue weighted by molar-refractivity contribution is 7.99. The fraction of sp³-hybridized carbons (Fsp3) is 0.105. The number of nitrogens with zero attached hydrogens (tertiary/aromatic N) is 3. The molecule has 1 aromatic heterocycles. The molecule has 27 heavy (non-hydrogen) atoms. The highest BCUT2D eigenvalue weighted by Gasteiger charge is 2.27. The van der Waals surface area contributed by atoms with Crippen LogP contribution in [0.15, 0.2) is 60.3 Å². The number of anilines is 1. The zero-order chi connectivity index (χ0) is 18.8. The standard InChI is InChI=1S/C19H14Cl2N4OS/c1-2-9-27-19-23-18-16(24-25-19)13-5-3-4-6-15(13)22-17(26-18)12-8-7-11(20)10-14(12)21/h2-8,10,17,22H,1,9H2/t17-/m1/s1. The summed E-state index contributed by atoms with van der Waals surface area (Å²) in [5.74, 6) is 1.08. The lowest BCUT2D eigenvalue weighted by atomic mass is 10.1. The molecule has 1 N–H and O–H groups in total. The minimum Gasteiger partial charge on any atom is -0.448 e. The van der Waals surface area contributed by atoms with Gasteiger partial charge in [0.2, 0.25) is 11.0 Å². The van der Waals surface area contributed by atoms with Gasteiger partial charge in [0.1, 0.15) is 0 Å². The summed E-state index contributed by atoms with van der Waals surface area (Å²) in [4.78, 5) is 4.54. The largest absolute Gasteiger partial charge is 0.448 e. The highest BCUT2D eigenvalue weighted by atomic mass is 35.5. The van der Waals surface area contributed by atoms with Crippen molar-refractivity contribution in [1.29, 1.82) is 0 Å². The predicted molar refractivity (Wildman–Crippen MR) is 110 cm³/mol. The van der Waals surface area contributed by atoms with Crippen LogP contribution in [0.5, 0.6) is 5.88 Å². The summed E-state index contributed by atoms with van der Waals surface area (Å²) in [6.07, 6.45) is 1.24. The van der Waals surface area contributed by atoms with Gasteiger partial charge in [-0.25, -0.2) is 0 Å².